The highest BCUT2D eigenvalue weighted by atomic mass is 15.0. The van der Waals surface area contributed by atoms with Crippen molar-refractivity contribution in [3.05, 3.63) is 60.2 Å². The molecule has 0 saturated carbocycles. The Labute approximate surface area is 109 Å². The fourth-order valence-corrected chi connectivity index (χ4v) is 2.16. The van der Waals surface area contributed by atoms with E-state index in [0.717, 1.165) is 17.8 Å². The molecule has 0 N–H and O–H groups in total. The molecule has 94 valence electrons. The SMILES string of the molecule is CC.CC1=CCC(c2ncc3ccccn23)C=C1. The van der Waals surface area contributed by atoms with Gasteiger partial charge in [-0.2, -0.15) is 0 Å². The first kappa shape index (κ1) is 12.6. The molecule has 0 aromatic carbocycles. The second kappa shape index (κ2) is 5.67. The zero-order valence-electron chi connectivity index (χ0n) is 11.3. The van der Waals surface area contributed by atoms with Crippen LogP contribution in [-0.4, -0.2) is 9.38 Å². The molecule has 1 atom stereocenters. The van der Waals surface area contributed by atoms with E-state index in [0.29, 0.717) is 5.92 Å². The van der Waals surface area contributed by atoms with Gasteiger partial charge in [0.15, 0.2) is 0 Å². The summed E-state index contributed by atoms with van der Waals surface area (Å²) in [5, 5.41) is 0. The van der Waals surface area contributed by atoms with Gasteiger partial charge in [0.05, 0.1) is 11.7 Å². The number of aromatic nitrogens is 2. The number of imidazole rings is 1. The van der Waals surface area contributed by atoms with Gasteiger partial charge in [0.2, 0.25) is 0 Å². The summed E-state index contributed by atoms with van der Waals surface area (Å²) in [5.74, 6) is 1.55. The van der Waals surface area contributed by atoms with Crippen LogP contribution < -0.4 is 0 Å². The molecular weight excluding hydrogens is 220 g/mol. The minimum Gasteiger partial charge on any atom is -0.303 e. The summed E-state index contributed by atoms with van der Waals surface area (Å²) < 4.78 is 2.17. The lowest BCUT2D eigenvalue weighted by Gasteiger charge is -2.13. The van der Waals surface area contributed by atoms with Crippen LogP contribution in [0.5, 0.6) is 0 Å². The first-order valence-corrected chi connectivity index (χ1v) is 6.61. The van der Waals surface area contributed by atoms with Crippen LogP contribution in [0.15, 0.2) is 54.4 Å². The molecule has 2 nitrogen and oxygen atoms in total. The van der Waals surface area contributed by atoms with Crippen LogP contribution in [-0.2, 0) is 0 Å². The minimum absolute atomic E-state index is 0.411. The van der Waals surface area contributed by atoms with Crippen molar-refractivity contribution in [2.45, 2.75) is 33.1 Å². The molecule has 0 spiro atoms. The number of fused-ring (bicyclic) bond motifs is 1. The van der Waals surface area contributed by atoms with E-state index in [1.807, 2.05) is 32.2 Å². The van der Waals surface area contributed by atoms with E-state index < -0.39 is 0 Å². The summed E-state index contributed by atoms with van der Waals surface area (Å²) >= 11 is 0. The Balaban J connectivity index is 0.000000574. The predicted octanol–water partition coefficient (Wildman–Crippen LogP) is 4.35. The molecule has 2 aromatic heterocycles. The van der Waals surface area contributed by atoms with Gasteiger partial charge in [0.1, 0.15) is 5.82 Å². The lowest BCUT2D eigenvalue weighted by Crippen LogP contribution is -2.03. The highest BCUT2D eigenvalue weighted by Crippen LogP contribution is 2.26. The smallest absolute Gasteiger partial charge is 0.120 e. The maximum absolute atomic E-state index is 4.53. The van der Waals surface area contributed by atoms with E-state index in [-0.39, 0.29) is 0 Å². The molecule has 0 saturated heterocycles. The van der Waals surface area contributed by atoms with Crippen molar-refractivity contribution in [2.75, 3.05) is 0 Å². The Morgan fingerprint density at radius 2 is 2.11 bits per heavy atom. The molecule has 18 heavy (non-hydrogen) atoms. The molecule has 2 heterocycles. The third kappa shape index (κ3) is 2.37. The summed E-state index contributed by atoms with van der Waals surface area (Å²) in [6, 6.07) is 6.18. The second-order valence-electron chi connectivity index (χ2n) is 4.26. The van der Waals surface area contributed by atoms with Crippen molar-refractivity contribution in [1.29, 1.82) is 0 Å². The van der Waals surface area contributed by atoms with Crippen molar-refractivity contribution >= 4 is 5.52 Å². The van der Waals surface area contributed by atoms with Crippen LogP contribution >= 0.6 is 0 Å². The van der Waals surface area contributed by atoms with E-state index in [1.165, 1.54) is 5.57 Å². The number of nitrogens with zero attached hydrogens (tertiary/aromatic N) is 2. The van der Waals surface area contributed by atoms with Gasteiger partial charge in [0.25, 0.3) is 0 Å². The van der Waals surface area contributed by atoms with Crippen LogP contribution in [0.2, 0.25) is 0 Å². The largest absolute Gasteiger partial charge is 0.303 e. The monoisotopic (exact) mass is 240 g/mol. The molecule has 0 aliphatic heterocycles. The zero-order chi connectivity index (χ0) is 13.0. The fraction of sp³-hybridized carbons (Fsp3) is 0.312. The van der Waals surface area contributed by atoms with E-state index in [1.54, 1.807) is 0 Å². The second-order valence-corrected chi connectivity index (χ2v) is 4.26. The average Bonchev–Trinajstić information content (AvgIpc) is 2.86. The Hall–Kier alpha value is -1.83. The molecular formula is C16H20N2. The van der Waals surface area contributed by atoms with Crippen LogP contribution in [0.25, 0.3) is 5.52 Å². The average molecular weight is 240 g/mol. The predicted molar refractivity (Wildman–Crippen MR) is 76.8 cm³/mol. The molecule has 1 aliphatic rings. The highest BCUT2D eigenvalue weighted by molar-refractivity contribution is 5.46. The molecule has 0 fully saturated rings. The Bertz CT molecular complexity index is 576. The number of pyridine rings is 1. The lowest BCUT2D eigenvalue weighted by molar-refractivity contribution is 0.763. The van der Waals surface area contributed by atoms with Gasteiger partial charge in [-0.05, 0) is 25.5 Å². The third-order valence-electron chi connectivity index (χ3n) is 3.08. The molecule has 1 aliphatic carbocycles. The summed E-state index contributed by atoms with van der Waals surface area (Å²) in [6.45, 7) is 6.14. The standard InChI is InChI=1S/C14H14N2.C2H6/c1-11-5-7-12(8-6-11)14-15-10-13-4-2-3-9-16(13)14;1-2/h2-7,9-10,12H,8H2,1H3;1-2H3. The molecule has 3 rings (SSSR count). The van der Waals surface area contributed by atoms with Gasteiger partial charge in [-0.3, -0.25) is 0 Å². The maximum Gasteiger partial charge on any atom is 0.120 e. The summed E-state index contributed by atoms with van der Waals surface area (Å²) in [4.78, 5) is 4.53. The number of rotatable bonds is 1. The van der Waals surface area contributed by atoms with Crippen molar-refractivity contribution in [1.82, 2.24) is 9.38 Å². The van der Waals surface area contributed by atoms with Gasteiger partial charge >= 0.3 is 0 Å². The number of hydrogen-bond donors (Lipinski definition) is 0. The van der Waals surface area contributed by atoms with E-state index >= 15 is 0 Å². The topological polar surface area (TPSA) is 17.3 Å². The molecule has 1 unspecified atom stereocenters. The van der Waals surface area contributed by atoms with Gasteiger partial charge in [0, 0.05) is 12.1 Å². The van der Waals surface area contributed by atoms with Crippen molar-refractivity contribution in [2.24, 2.45) is 0 Å². The van der Waals surface area contributed by atoms with Gasteiger partial charge in [-0.15, -0.1) is 0 Å². The van der Waals surface area contributed by atoms with Crippen molar-refractivity contribution in [3.63, 3.8) is 0 Å². The molecule has 0 radical (unpaired) electrons. The first-order valence-electron chi connectivity index (χ1n) is 6.61. The van der Waals surface area contributed by atoms with E-state index in [9.17, 15) is 0 Å². The maximum atomic E-state index is 4.53. The highest BCUT2D eigenvalue weighted by Gasteiger charge is 2.14. The van der Waals surface area contributed by atoms with Gasteiger partial charge in [-0.25, -0.2) is 4.98 Å². The lowest BCUT2D eigenvalue weighted by atomic mass is 9.97. The minimum atomic E-state index is 0.411. The molecule has 2 aromatic rings. The van der Waals surface area contributed by atoms with Crippen LogP contribution in [0.3, 0.4) is 0 Å². The Morgan fingerprint density at radius 1 is 1.28 bits per heavy atom. The van der Waals surface area contributed by atoms with Gasteiger partial charge < -0.3 is 4.40 Å². The summed E-state index contributed by atoms with van der Waals surface area (Å²) in [5.41, 5.74) is 2.51. The normalized spacial score (nSPS) is 18.2. The molecule has 2 heteroatoms. The molecule has 0 amide bonds. The number of allylic oxidation sites excluding steroid dienone is 4. The van der Waals surface area contributed by atoms with Crippen LogP contribution in [0.4, 0.5) is 0 Å². The van der Waals surface area contributed by atoms with Crippen molar-refractivity contribution < 1.29 is 0 Å². The Kier molecular flexibility index (Phi) is 3.98. The van der Waals surface area contributed by atoms with Crippen LogP contribution in [0.1, 0.15) is 38.9 Å². The van der Waals surface area contributed by atoms with Gasteiger partial charge in [-0.1, -0.05) is 43.7 Å². The first-order chi connectivity index (χ1) is 8.84. The summed E-state index contributed by atoms with van der Waals surface area (Å²) in [6.07, 6.45) is 11.8. The zero-order valence-corrected chi connectivity index (χ0v) is 11.3. The van der Waals surface area contributed by atoms with E-state index in [4.69, 9.17) is 0 Å². The van der Waals surface area contributed by atoms with E-state index in [2.05, 4.69) is 46.8 Å². The fourth-order valence-electron chi connectivity index (χ4n) is 2.16. The summed E-state index contributed by atoms with van der Waals surface area (Å²) in [7, 11) is 0. The van der Waals surface area contributed by atoms with Crippen molar-refractivity contribution in [3.8, 4) is 0 Å². The third-order valence-corrected chi connectivity index (χ3v) is 3.08. The van der Waals surface area contributed by atoms with Crippen LogP contribution in [0, 0.1) is 0 Å². The Morgan fingerprint density at radius 3 is 2.83 bits per heavy atom. The number of hydrogen-bond acceptors (Lipinski definition) is 1. The quantitative estimate of drug-likeness (QED) is 0.724. The molecule has 0 bridgehead atoms.